The smallest absolute Gasteiger partial charge is 0.359 e. The molecule has 2 aromatic rings. The average Bonchev–Trinajstić information content (AvgIpc) is 3.14. The maximum absolute atomic E-state index is 12.0. The van der Waals surface area contributed by atoms with E-state index in [1.165, 1.54) is 6.20 Å². The molecule has 0 saturated carbocycles. The quantitative estimate of drug-likeness (QED) is 0.725. The summed E-state index contributed by atoms with van der Waals surface area (Å²) in [6.07, 6.45) is 6.74. The molecule has 2 aromatic heterocycles. The van der Waals surface area contributed by atoms with Crippen molar-refractivity contribution in [2.45, 2.75) is 45.3 Å². The van der Waals surface area contributed by atoms with E-state index >= 15 is 0 Å². The predicted molar refractivity (Wildman–Crippen MR) is 108 cm³/mol. The summed E-state index contributed by atoms with van der Waals surface area (Å²) in [6.45, 7) is 7.12. The maximum atomic E-state index is 12.0. The fraction of sp³-hybridized carbons (Fsp3) is 0.526. The minimum Gasteiger partial charge on any atom is -0.455 e. The molecular formula is C19H27N7O2. The normalized spacial score (nSPS) is 16.7. The Morgan fingerprint density at radius 3 is 2.71 bits per heavy atom. The van der Waals surface area contributed by atoms with Crippen LogP contribution in [0.3, 0.4) is 0 Å². The van der Waals surface area contributed by atoms with E-state index in [1.54, 1.807) is 12.5 Å². The molecule has 1 aliphatic heterocycles. The number of esters is 1. The van der Waals surface area contributed by atoms with E-state index in [1.807, 2.05) is 33.9 Å². The molecule has 0 bridgehead atoms. The van der Waals surface area contributed by atoms with Gasteiger partial charge in [-0.2, -0.15) is 0 Å². The fourth-order valence-corrected chi connectivity index (χ4v) is 3.07. The zero-order chi connectivity index (χ0) is 20.1. The minimum absolute atomic E-state index is 0.198. The highest BCUT2D eigenvalue weighted by molar-refractivity contribution is 5.87. The number of aromatic nitrogens is 4. The standard InChI is InChI=1S/C19H27N7O2/c1-19(2,3)28-18(27)14-10-23-16(11-21-14)22-9-13-6-5-7-26(13)17-8-15(20-4)24-12-25-17/h8,10-13H,5-7,9H2,1-4H3,(H,22,23)(H,20,24,25). The second-order valence-electron chi connectivity index (χ2n) is 7.67. The van der Waals surface area contributed by atoms with Crippen LogP contribution in [0, 0.1) is 0 Å². The molecular weight excluding hydrogens is 358 g/mol. The van der Waals surface area contributed by atoms with Gasteiger partial charge in [0.15, 0.2) is 5.69 Å². The highest BCUT2D eigenvalue weighted by atomic mass is 16.6. The third-order valence-corrected chi connectivity index (χ3v) is 4.36. The van der Waals surface area contributed by atoms with Gasteiger partial charge in [0, 0.05) is 32.2 Å². The molecule has 0 radical (unpaired) electrons. The lowest BCUT2D eigenvalue weighted by Crippen LogP contribution is -2.35. The number of nitrogens with one attached hydrogen (secondary N) is 2. The first-order valence-corrected chi connectivity index (χ1v) is 9.41. The van der Waals surface area contributed by atoms with Crippen molar-refractivity contribution in [1.29, 1.82) is 0 Å². The molecule has 9 heteroatoms. The van der Waals surface area contributed by atoms with Crippen LogP contribution < -0.4 is 15.5 Å². The summed E-state index contributed by atoms with van der Waals surface area (Å²) < 4.78 is 5.30. The van der Waals surface area contributed by atoms with Crippen molar-refractivity contribution in [1.82, 2.24) is 19.9 Å². The molecule has 2 N–H and O–H groups in total. The summed E-state index contributed by atoms with van der Waals surface area (Å²) in [5.41, 5.74) is -0.362. The SMILES string of the molecule is CNc1cc(N2CCCC2CNc2cnc(C(=O)OC(C)(C)C)cn2)ncn1. The fourth-order valence-electron chi connectivity index (χ4n) is 3.07. The van der Waals surface area contributed by atoms with Crippen LogP contribution in [0.15, 0.2) is 24.8 Å². The first kappa shape index (κ1) is 19.8. The highest BCUT2D eigenvalue weighted by Gasteiger charge is 2.26. The molecule has 0 spiro atoms. The lowest BCUT2D eigenvalue weighted by molar-refractivity contribution is 0.00624. The topological polar surface area (TPSA) is 105 Å². The number of ether oxygens (including phenoxy) is 1. The Bertz CT molecular complexity index is 805. The molecule has 1 unspecified atom stereocenters. The van der Waals surface area contributed by atoms with Gasteiger partial charge >= 0.3 is 5.97 Å². The largest absolute Gasteiger partial charge is 0.455 e. The van der Waals surface area contributed by atoms with Crippen LogP contribution in [0.1, 0.15) is 44.1 Å². The van der Waals surface area contributed by atoms with Gasteiger partial charge in [-0.25, -0.2) is 24.7 Å². The number of rotatable bonds is 6. The molecule has 28 heavy (non-hydrogen) atoms. The van der Waals surface area contributed by atoms with Crippen LogP contribution >= 0.6 is 0 Å². The highest BCUT2D eigenvalue weighted by Crippen LogP contribution is 2.25. The molecule has 3 heterocycles. The third kappa shape index (κ3) is 5.05. The summed E-state index contributed by atoms with van der Waals surface area (Å²) >= 11 is 0. The summed E-state index contributed by atoms with van der Waals surface area (Å²) in [5, 5.41) is 6.35. The van der Waals surface area contributed by atoms with Crippen LogP contribution in [-0.4, -0.2) is 57.7 Å². The van der Waals surface area contributed by atoms with Gasteiger partial charge in [-0.1, -0.05) is 0 Å². The van der Waals surface area contributed by atoms with E-state index in [-0.39, 0.29) is 5.69 Å². The summed E-state index contributed by atoms with van der Waals surface area (Å²) in [7, 11) is 1.84. The Morgan fingerprint density at radius 2 is 2.04 bits per heavy atom. The molecule has 0 aromatic carbocycles. The number of anilines is 3. The zero-order valence-corrected chi connectivity index (χ0v) is 16.8. The number of hydrogen-bond donors (Lipinski definition) is 2. The van der Waals surface area contributed by atoms with Gasteiger partial charge in [0.2, 0.25) is 0 Å². The lowest BCUT2D eigenvalue weighted by atomic mass is 10.2. The van der Waals surface area contributed by atoms with Gasteiger partial charge in [0.25, 0.3) is 0 Å². The zero-order valence-electron chi connectivity index (χ0n) is 16.8. The first-order chi connectivity index (χ1) is 13.4. The van der Waals surface area contributed by atoms with E-state index < -0.39 is 11.6 Å². The van der Waals surface area contributed by atoms with Crippen LogP contribution in [0.4, 0.5) is 17.5 Å². The van der Waals surface area contributed by atoms with E-state index in [2.05, 4.69) is 35.5 Å². The molecule has 1 atom stereocenters. The molecule has 1 saturated heterocycles. The lowest BCUT2D eigenvalue weighted by Gasteiger charge is -2.26. The average molecular weight is 385 g/mol. The summed E-state index contributed by atoms with van der Waals surface area (Å²) in [6, 6.07) is 2.25. The van der Waals surface area contributed by atoms with E-state index in [0.29, 0.717) is 18.4 Å². The number of carbonyl (C=O) groups excluding carboxylic acids is 1. The minimum atomic E-state index is -0.560. The van der Waals surface area contributed by atoms with Crippen molar-refractivity contribution in [2.24, 2.45) is 0 Å². The molecule has 3 rings (SSSR count). The Hall–Kier alpha value is -2.97. The van der Waals surface area contributed by atoms with E-state index in [0.717, 1.165) is 31.0 Å². The van der Waals surface area contributed by atoms with Gasteiger partial charge in [0.05, 0.1) is 12.4 Å². The molecule has 1 fully saturated rings. The van der Waals surface area contributed by atoms with Crippen LogP contribution in [0.2, 0.25) is 0 Å². The molecule has 150 valence electrons. The Morgan fingerprint density at radius 1 is 1.21 bits per heavy atom. The number of carbonyl (C=O) groups is 1. The summed E-state index contributed by atoms with van der Waals surface area (Å²) in [5.74, 6) is 1.86. The number of nitrogens with zero attached hydrogens (tertiary/aromatic N) is 5. The van der Waals surface area contributed by atoms with Crippen molar-refractivity contribution in [3.05, 3.63) is 30.5 Å². The second-order valence-corrected chi connectivity index (χ2v) is 7.67. The molecule has 9 nitrogen and oxygen atoms in total. The van der Waals surface area contributed by atoms with Crippen molar-refractivity contribution in [3.63, 3.8) is 0 Å². The number of hydrogen-bond acceptors (Lipinski definition) is 9. The van der Waals surface area contributed by atoms with Gasteiger partial charge in [0.1, 0.15) is 29.4 Å². The first-order valence-electron chi connectivity index (χ1n) is 9.41. The van der Waals surface area contributed by atoms with Gasteiger partial charge in [-0.15, -0.1) is 0 Å². The second kappa shape index (κ2) is 8.37. The van der Waals surface area contributed by atoms with E-state index in [4.69, 9.17) is 4.74 Å². The van der Waals surface area contributed by atoms with Gasteiger partial charge < -0.3 is 20.3 Å². The Kier molecular flexibility index (Phi) is 5.91. The van der Waals surface area contributed by atoms with Crippen LogP contribution in [0.5, 0.6) is 0 Å². The maximum Gasteiger partial charge on any atom is 0.359 e. The Labute approximate surface area is 165 Å². The van der Waals surface area contributed by atoms with Crippen molar-refractivity contribution >= 4 is 23.4 Å². The van der Waals surface area contributed by atoms with E-state index in [9.17, 15) is 4.79 Å². The summed E-state index contributed by atoms with van der Waals surface area (Å²) in [4.78, 5) is 31.3. The Balaban J connectivity index is 1.59. The van der Waals surface area contributed by atoms with Crippen LogP contribution in [-0.2, 0) is 4.74 Å². The van der Waals surface area contributed by atoms with Crippen molar-refractivity contribution in [2.75, 3.05) is 35.7 Å². The predicted octanol–water partition coefficient (Wildman–Crippen LogP) is 2.34. The van der Waals surface area contributed by atoms with Gasteiger partial charge in [-0.05, 0) is 33.6 Å². The van der Waals surface area contributed by atoms with Crippen molar-refractivity contribution in [3.8, 4) is 0 Å². The molecule has 0 amide bonds. The van der Waals surface area contributed by atoms with Gasteiger partial charge in [-0.3, -0.25) is 0 Å². The third-order valence-electron chi connectivity index (χ3n) is 4.36. The van der Waals surface area contributed by atoms with Crippen molar-refractivity contribution < 1.29 is 9.53 Å². The monoisotopic (exact) mass is 385 g/mol. The van der Waals surface area contributed by atoms with Crippen LogP contribution in [0.25, 0.3) is 0 Å². The molecule has 1 aliphatic rings. The molecule has 0 aliphatic carbocycles.